The normalized spacial score (nSPS) is 10.4. The third-order valence-corrected chi connectivity index (χ3v) is 3.39. The molecule has 0 spiro atoms. The summed E-state index contributed by atoms with van der Waals surface area (Å²) in [6.07, 6.45) is 0. The highest BCUT2D eigenvalue weighted by Crippen LogP contribution is 2.29. The molecule has 0 aliphatic carbocycles. The molecule has 0 bridgehead atoms. The fourth-order valence-corrected chi connectivity index (χ4v) is 2.13. The molecule has 7 heteroatoms. The number of hydrogen-bond donors (Lipinski definition) is 2. The Balaban J connectivity index is 1.99. The van der Waals surface area contributed by atoms with Gasteiger partial charge in [-0.3, -0.25) is 10.1 Å². The molecule has 0 aliphatic heterocycles. The van der Waals surface area contributed by atoms with Crippen LogP contribution in [0, 0.1) is 10.1 Å². The van der Waals surface area contributed by atoms with Crippen LogP contribution in [0.3, 0.4) is 0 Å². The Morgan fingerprint density at radius 3 is 2.46 bits per heavy atom. The lowest BCUT2D eigenvalue weighted by molar-refractivity contribution is -0.384. The minimum atomic E-state index is -0.433. The molecule has 0 aliphatic rings. The molecule has 0 atom stereocenters. The van der Waals surface area contributed by atoms with Crippen LogP contribution in [-0.2, 0) is 13.2 Å². The van der Waals surface area contributed by atoms with Crippen LogP contribution in [0.2, 0.25) is 0 Å². The molecule has 2 N–H and O–H groups in total. The van der Waals surface area contributed by atoms with Gasteiger partial charge >= 0.3 is 0 Å². The Labute approximate surface area is 140 Å². The molecule has 2 aromatic rings. The van der Waals surface area contributed by atoms with Crippen LogP contribution >= 0.6 is 0 Å². The van der Waals surface area contributed by atoms with Crippen molar-refractivity contribution in [1.29, 1.82) is 0 Å². The highest BCUT2D eigenvalue weighted by atomic mass is 16.6. The summed E-state index contributed by atoms with van der Waals surface area (Å²) in [5, 5.41) is 22.5. The zero-order valence-electron chi connectivity index (χ0n) is 13.4. The van der Waals surface area contributed by atoms with Crippen LogP contribution in [0.4, 0.5) is 5.69 Å². The number of ether oxygens (including phenoxy) is 2. The number of aliphatic hydroxyl groups excluding tert-OH is 1. The summed E-state index contributed by atoms with van der Waals surface area (Å²) in [6.45, 7) is 1.53. The second-order valence-electron chi connectivity index (χ2n) is 5.10. The van der Waals surface area contributed by atoms with Crippen molar-refractivity contribution in [3.63, 3.8) is 0 Å². The van der Waals surface area contributed by atoms with Crippen LogP contribution in [0.25, 0.3) is 0 Å². The maximum atomic E-state index is 10.6. The van der Waals surface area contributed by atoms with Gasteiger partial charge in [0.25, 0.3) is 5.69 Å². The molecule has 2 aromatic carbocycles. The maximum absolute atomic E-state index is 10.6. The molecule has 0 heterocycles. The number of nitrogens with zero attached hydrogens (tertiary/aromatic N) is 1. The van der Waals surface area contributed by atoms with E-state index in [4.69, 9.17) is 14.6 Å². The van der Waals surface area contributed by atoms with Gasteiger partial charge in [0.15, 0.2) is 11.5 Å². The molecule has 0 unspecified atom stereocenters. The van der Waals surface area contributed by atoms with Gasteiger partial charge in [-0.25, -0.2) is 0 Å². The third-order valence-electron chi connectivity index (χ3n) is 3.39. The summed E-state index contributed by atoms with van der Waals surface area (Å²) in [4.78, 5) is 10.2. The fraction of sp³-hybridized carbons (Fsp3) is 0.294. The molecular weight excluding hydrogens is 312 g/mol. The summed E-state index contributed by atoms with van der Waals surface area (Å²) >= 11 is 0. The summed E-state index contributed by atoms with van der Waals surface area (Å²) < 4.78 is 11.1. The number of rotatable bonds is 9. The number of nitrogens with one attached hydrogen (secondary N) is 1. The van der Waals surface area contributed by atoms with Gasteiger partial charge < -0.3 is 19.9 Å². The van der Waals surface area contributed by atoms with Crippen molar-refractivity contribution < 1.29 is 19.5 Å². The molecule has 0 fully saturated rings. The first-order valence-electron chi connectivity index (χ1n) is 7.48. The summed E-state index contributed by atoms with van der Waals surface area (Å²) in [5.74, 6) is 1.21. The average Bonchev–Trinajstić information content (AvgIpc) is 2.61. The summed E-state index contributed by atoms with van der Waals surface area (Å²) in [6, 6.07) is 11.8. The molecular formula is C17H20N2O5. The molecule has 2 rings (SSSR count). The van der Waals surface area contributed by atoms with Gasteiger partial charge in [0.2, 0.25) is 0 Å². The molecule has 0 aromatic heterocycles. The smallest absolute Gasteiger partial charge is 0.269 e. The monoisotopic (exact) mass is 332 g/mol. The number of non-ortho nitro benzene ring substituents is 1. The van der Waals surface area contributed by atoms with E-state index in [0.29, 0.717) is 24.6 Å². The lowest BCUT2D eigenvalue weighted by Crippen LogP contribution is -2.17. The Morgan fingerprint density at radius 2 is 1.83 bits per heavy atom. The van der Waals surface area contributed by atoms with Gasteiger partial charge in [0.1, 0.15) is 6.61 Å². The molecule has 0 amide bonds. The minimum absolute atomic E-state index is 0.0519. The highest BCUT2D eigenvalue weighted by molar-refractivity contribution is 5.43. The summed E-state index contributed by atoms with van der Waals surface area (Å²) in [7, 11) is 1.57. The van der Waals surface area contributed by atoms with Crippen LogP contribution in [-0.4, -0.2) is 30.3 Å². The zero-order valence-corrected chi connectivity index (χ0v) is 13.4. The fourth-order valence-electron chi connectivity index (χ4n) is 2.13. The molecule has 0 saturated heterocycles. The Morgan fingerprint density at radius 1 is 1.12 bits per heavy atom. The van der Waals surface area contributed by atoms with Gasteiger partial charge in [-0.2, -0.15) is 0 Å². The van der Waals surface area contributed by atoms with Crippen molar-refractivity contribution >= 4 is 5.69 Å². The molecule has 128 valence electrons. The number of hydrogen-bond acceptors (Lipinski definition) is 6. The summed E-state index contributed by atoms with van der Waals surface area (Å²) in [5.41, 5.74) is 1.90. The van der Waals surface area contributed by atoms with Crippen LogP contribution in [0.5, 0.6) is 11.5 Å². The Kier molecular flexibility index (Phi) is 6.53. The van der Waals surface area contributed by atoms with Gasteiger partial charge in [-0.15, -0.1) is 0 Å². The van der Waals surface area contributed by atoms with Crippen molar-refractivity contribution in [3.8, 4) is 11.5 Å². The maximum Gasteiger partial charge on any atom is 0.269 e. The van der Waals surface area contributed by atoms with E-state index in [2.05, 4.69) is 5.32 Å². The van der Waals surface area contributed by atoms with E-state index in [1.165, 1.54) is 12.1 Å². The number of nitro groups is 1. The molecule has 24 heavy (non-hydrogen) atoms. The van der Waals surface area contributed by atoms with E-state index in [0.717, 1.165) is 11.1 Å². The minimum Gasteiger partial charge on any atom is -0.493 e. The van der Waals surface area contributed by atoms with E-state index in [1.54, 1.807) is 19.2 Å². The van der Waals surface area contributed by atoms with Gasteiger partial charge in [-0.05, 0) is 35.4 Å². The van der Waals surface area contributed by atoms with Crippen molar-refractivity contribution in [2.45, 2.75) is 13.2 Å². The predicted molar refractivity (Wildman–Crippen MR) is 89.2 cm³/mol. The second-order valence-corrected chi connectivity index (χ2v) is 5.10. The third kappa shape index (κ3) is 4.94. The van der Waals surface area contributed by atoms with Gasteiger partial charge in [0, 0.05) is 25.2 Å². The van der Waals surface area contributed by atoms with Crippen molar-refractivity contribution in [1.82, 2.24) is 5.32 Å². The lowest BCUT2D eigenvalue weighted by Gasteiger charge is -2.12. The van der Waals surface area contributed by atoms with E-state index in [1.807, 2.05) is 18.2 Å². The Bertz CT molecular complexity index is 673. The van der Waals surface area contributed by atoms with Crippen LogP contribution in [0.1, 0.15) is 11.1 Å². The van der Waals surface area contributed by atoms with Gasteiger partial charge in [0.05, 0.1) is 18.6 Å². The molecule has 7 nitrogen and oxygen atoms in total. The molecule has 0 radical (unpaired) electrons. The van der Waals surface area contributed by atoms with Crippen molar-refractivity contribution in [2.75, 3.05) is 20.3 Å². The number of methoxy groups -OCH3 is 1. The first-order chi connectivity index (χ1) is 11.6. The van der Waals surface area contributed by atoms with Crippen LogP contribution in [0.15, 0.2) is 42.5 Å². The van der Waals surface area contributed by atoms with Crippen LogP contribution < -0.4 is 14.8 Å². The zero-order chi connectivity index (χ0) is 17.4. The quantitative estimate of drug-likeness (QED) is 0.416. The second kappa shape index (κ2) is 8.85. The topological polar surface area (TPSA) is 93.9 Å². The number of nitro benzene ring substituents is 1. The highest BCUT2D eigenvalue weighted by Gasteiger charge is 2.08. The van der Waals surface area contributed by atoms with E-state index in [9.17, 15) is 10.1 Å². The van der Waals surface area contributed by atoms with E-state index < -0.39 is 4.92 Å². The number of aliphatic hydroxyl groups is 1. The SMILES string of the molecule is COc1cc(CNCCO)ccc1OCc1ccc([N+](=O)[O-])cc1. The van der Waals surface area contributed by atoms with Crippen molar-refractivity contribution in [2.24, 2.45) is 0 Å². The first-order valence-corrected chi connectivity index (χ1v) is 7.48. The first kappa shape index (κ1) is 17.7. The lowest BCUT2D eigenvalue weighted by atomic mass is 10.2. The standard InChI is InChI=1S/C17H20N2O5/c1-23-17-10-14(11-18-8-9-20)4-7-16(17)24-12-13-2-5-15(6-3-13)19(21)22/h2-7,10,18,20H,8-9,11-12H2,1H3. The van der Waals surface area contributed by atoms with Crippen molar-refractivity contribution in [3.05, 3.63) is 63.7 Å². The number of benzene rings is 2. The largest absolute Gasteiger partial charge is 0.493 e. The van der Waals surface area contributed by atoms with Gasteiger partial charge in [-0.1, -0.05) is 6.07 Å². The van der Waals surface area contributed by atoms with E-state index >= 15 is 0 Å². The molecule has 0 saturated carbocycles. The Hall–Kier alpha value is -2.64. The predicted octanol–water partition coefficient (Wildman–Crippen LogP) is 2.26. The van der Waals surface area contributed by atoms with E-state index in [-0.39, 0.29) is 18.9 Å². The average molecular weight is 332 g/mol.